The van der Waals surface area contributed by atoms with Gasteiger partial charge >= 0.3 is 5.97 Å². The minimum atomic E-state index is -0.809. The molecule has 0 amide bonds. The first kappa shape index (κ1) is 11.1. The molecule has 1 rings (SSSR count). The number of carboxylic acids is 1. The van der Waals surface area contributed by atoms with E-state index in [1.54, 1.807) is 6.20 Å². The van der Waals surface area contributed by atoms with Crippen molar-refractivity contribution >= 4 is 17.3 Å². The standard InChI is InChI=1S/C9H14N2O2S/c1-6(2)8(9(12)13)11-5-7-10-3-4-14-7/h3-4,6,8,11H,5H2,1-2H3,(H,12,13). The molecule has 0 aliphatic rings. The highest BCUT2D eigenvalue weighted by atomic mass is 32.1. The van der Waals surface area contributed by atoms with E-state index in [2.05, 4.69) is 10.3 Å². The van der Waals surface area contributed by atoms with E-state index in [-0.39, 0.29) is 5.92 Å². The van der Waals surface area contributed by atoms with Crippen LogP contribution in [0, 0.1) is 5.92 Å². The molecule has 0 aromatic carbocycles. The topological polar surface area (TPSA) is 62.2 Å². The summed E-state index contributed by atoms with van der Waals surface area (Å²) in [7, 11) is 0. The zero-order chi connectivity index (χ0) is 10.6. The Morgan fingerprint density at radius 1 is 1.71 bits per heavy atom. The molecule has 5 heteroatoms. The Balaban J connectivity index is 2.45. The average Bonchev–Trinajstić information content (AvgIpc) is 2.55. The van der Waals surface area contributed by atoms with Gasteiger partial charge in [-0.15, -0.1) is 11.3 Å². The SMILES string of the molecule is CC(C)C(NCc1nccs1)C(=O)O. The largest absolute Gasteiger partial charge is 0.480 e. The number of nitrogens with one attached hydrogen (secondary N) is 1. The van der Waals surface area contributed by atoms with Gasteiger partial charge in [0.1, 0.15) is 11.0 Å². The summed E-state index contributed by atoms with van der Waals surface area (Å²) in [6.07, 6.45) is 1.72. The van der Waals surface area contributed by atoms with Crippen LogP contribution in [-0.2, 0) is 11.3 Å². The highest BCUT2D eigenvalue weighted by molar-refractivity contribution is 7.09. The lowest BCUT2D eigenvalue weighted by atomic mass is 10.1. The molecular formula is C9H14N2O2S. The summed E-state index contributed by atoms with van der Waals surface area (Å²) in [6, 6.07) is -0.501. The van der Waals surface area contributed by atoms with Gasteiger partial charge in [-0.1, -0.05) is 13.8 Å². The molecule has 0 spiro atoms. The molecule has 1 aromatic rings. The summed E-state index contributed by atoms with van der Waals surface area (Å²) in [5.74, 6) is -0.732. The molecule has 4 nitrogen and oxygen atoms in total. The van der Waals surface area contributed by atoms with Crippen molar-refractivity contribution in [2.24, 2.45) is 5.92 Å². The lowest BCUT2D eigenvalue weighted by molar-refractivity contribution is -0.140. The summed E-state index contributed by atoms with van der Waals surface area (Å²) in [5.41, 5.74) is 0. The van der Waals surface area contributed by atoms with Crippen LogP contribution in [-0.4, -0.2) is 22.1 Å². The molecule has 0 saturated heterocycles. The van der Waals surface area contributed by atoms with Gasteiger partial charge in [-0.2, -0.15) is 0 Å². The third-order valence-corrected chi connectivity index (χ3v) is 2.67. The van der Waals surface area contributed by atoms with E-state index >= 15 is 0 Å². The second kappa shape index (κ2) is 5.07. The van der Waals surface area contributed by atoms with Crippen LogP contribution in [0.2, 0.25) is 0 Å². The van der Waals surface area contributed by atoms with Crippen molar-refractivity contribution in [1.29, 1.82) is 0 Å². The molecule has 14 heavy (non-hydrogen) atoms. The van der Waals surface area contributed by atoms with E-state index in [1.165, 1.54) is 11.3 Å². The fourth-order valence-electron chi connectivity index (χ4n) is 1.15. The number of carboxylic acid groups (broad SMARTS) is 1. The Morgan fingerprint density at radius 2 is 2.43 bits per heavy atom. The number of aliphatic carboxylic acids is 1. The van der Waals surface area contributed by atoms with Crippen molar-refractivity contribution in [2.45, 2.75) is 26.4 Å². The molecule has 0 fully saturated rings. The summed E-state index contributed by atoms with van der Waals surface area (Å²) < 4.78 is 0. The van der Waals surface area contributed by atoms with Gasteiger partial charge in [-0.3, -0.25) is 10.1 Å². The molecule has 2 N–H and O–H groups in total. The third kappa shape index (κ3) is 3.08. The summed E-state index contributed by atoms with van der Waals surface area (Å²) >= 11 is 1.52. The molecule has 0 bridgehead atoms. The van der Waals surface area contributed by atoms with Crippen molar-refractivity contribution in [2.75, 3.05) is 0 Å². The molecule has 0 aliphatic carbocycles. The fourth-order valence-corrected chi connectivity index (χ4v) is 1.71. The van der Waals surface area contributed by atoms with E-state index in [9.17, 15) is 4.79 Å². The van der Waals surface area contributed by atoms with Gasteiger partial charge < -0.3 is 5.11 Å². The van der Waals surface area contributed by atoms with E-state index in [0.717, 1.165) is 5.01 Å². The first-order chi connectivity index (χ1) is 6.61. The van der Waals surface area contributed by atoms with Gasteiger partial charge in [0, 0.05) is 18.1 Å². The number of rotatable bonds is 5. The zero-order valence-corrected chi connectivity index (χ0v) is 9.04. The van der Waals surface area contributed by atoms with Crippen LogP contribution in [0.3, 0.4) is 0 Å². The minimum absolute atomic E-state index is 0.0764. The molecule has 1 heterocycles. The van der Waals surface area contributed by atoms with Crippen LogP contribution in [0.4, 0.5) is 0 Å². The van der Waals surface area contributed by atoms with Crippen LogP contribution in [0.15, 0.2) is 11.6 Å². The van der Waals surface area contributed by atoms with E-state index in [1.807, 2.05) is 19.2 Å². The monoisotopic (exact) mass is 214 g/mol. The lowest BCUT2D eigenvalue weighted by Crippen LogP contribution is -2.40. The van der Waals surface area contributed by atoms with Crippen molar-refractivity contribution in [1.82, 2.24) is 10.3 Å². The van der Waals surface area contributed by atoms with Gasteiger partial charge in [0.2, 0.25) is 0 Å². The average molecular weight is 214 g/mol. The first-order valence-corrected chi connectivity index (χ1v) is 5.33. The Labute approximate surface area is 87.0 Å². The van der Waals surface area contributed by atoms with E-state index in [0.29, 0.717) is 6.54 Å². The smallest absolute Gasteiger partial charge is 0.320 e. The zero-order valence-electron chi connectivity index (χ0n) is 8.23. The van der Waals surface area contributed by atoms with Crippen LogP contribution < -0.4 is 5.32 Å². The molecule has 1 unspecified atom stereocenters. The molecule has 0 saturated carbocycles. The van der Waals surface area contributed by atoms with Crippen LogP contribution in [0.1, 0.15) is 18.9 Å². The van der Waals surface area contributed by atoms with Gasteiger partial charge in [0.15, 0.2) is 0 Å². The molecule has 0 radical (unpaired) electrons. The molecule has 78 valence electrons. The predicted molar refractivity (Wildman–Crippen MR) is 55.2 cm³/mol. The van der Waals surface area contributed by atoms with Gasteiger partial charge in [0.25, 0.3) is 0 Å². The Morgan fingerprint density at radius 3 is 2.86 bits per heavy atom. The summed E-state index contributed by atoms with van der Waals surface area (Å²) in [6.45, 7) is 4.29. The second-order valence-electron chi connectivity index (χ2n) is 3.37. The van der Waals surface area contributed by atoms with Crippen molar-refractivity contribution < 1.29 is 9.90 Å². The number of hydrogen-bond acceptors (Lipinski definition) is 4. The highest BCUT2D eigenvalue weighted by Gasteiger charge is 2.20. The molecule has 1 atom stereocenters. The summed E-state index contributed by atoms with van der Waals surface area (Å²) in [4.78, 5) is 14.9. The molecular weight excluding hydrogens is 200 g/mol. The van der Waals surface area contributed by atoms with Gasteiger partial charge in [0.05, 0.1) is 0 Å². The minimum Gasteiger partial charge on any atom is -0.480 e. The molecule has 1 aromatic heterocycles. The van der Waals surface area contributed by atoms with E-state index < -0.39 is 12.0 Å². The maximum Gasteiger partial charge on any atom is 0.320 e. The lowest BCUT2D eigenvalue weighted by Gasteiger charge is -2.16. The first-order valence-electron chi connectivity index (χ1n) is 4.46. The van der Waals surface area contributed by atoms with Gasteiger partial charge in [-0.25, -0.2) is 4.98 Å². The van der Waals surface area contributed by atoms with Crippen LogP contribution >= 0.6 is 11.3 Å². The fraction of sp³-hybridized carbons (Fsp3) is 0.556. The number of hydrogen-bond donors (Lipinski definition) is 2. The maximum atomic E-state index is 10.8. The number of aromatic nitrogens is 1. The van der Waals surface area contributed by atoms with Crippen molar-refractivity contribution in [3.05, 3.63) is 16.6 Å². The van der Waals surface area contributed by atoms with Gasteiger partial charge in [-0.05, 0) is 5.92 Å². The van der Waals surface area contributed by atoms with Crippen LogP contribution in [0.5, 0.6) is 0 Å². The second-order valence-corrected chi connectivity index (χ2v) is 4.35. The quantitative estimate of drug-likeness (QED) is 0.776. The number of nitrogens with zero attached hydrogens (tertiary/aromatic N) is 1. The molecule has 0 aliphatic heterocycles. The Bertz CT molecular complexity index is 285. The summed E-state index contributed by atoms with van der Waals surface area (Å²) in [5, 5.41) is 14.7. The Hall–Kier alpha value is -0.940. The Kier molecular flexibility index (Phi) is 4.03. The third-order valence-electron chi connectivity index (χ3n) is 1.89. The maximum absolute atomic E-state index is 10.8. The number of thiazole rings is 1. The van der Waals surface area contributed by atoms with Crippen molar-refractivity contribution in [3.63, 3.8) is 0 Å². The van der Waals surface area contributed by atoms with Crippen molar-refractivity contribution in [3.8, 4) is 0 Å². The number of carbonyl (C=O) groups is 1. The predicted octanol–water partition coefficient (Wildman–Crippen LogP) is 1.34. The van der Waals surface area contributed by atoms with E-state index in [4.69, 9.17) is 5.11 Å². The normalized spacial score (nSPS) is 13.1. The van der Waals surface area contributed by atoms with Crippen LogP contribution in [0.25, 0.3) is 0 Å². The highest BCUT2D eigenvalue weighted by Crippen LogP contribution is 2.06.